The number of rotatable bonds is 12. The second-order valence-corrected chi connectivity index (χ2v) is 7.87. The molecule has 0 aliphatic rings. The van der Waals surface area contributed by atoms with Crippen molar-refractivity contribution in [3.8, 4) is 17.2 Å². The van der Waals surface area contributed by atoms with E-state index in [0.29, 0.717) is 29.2 Å². The van der Waals surface area contributed by atoms with Crippen molar-refractivity contribution in [1.82, 2.24) is 0 Å². The van der Waals surface area contributed by atoms with Crippen LogP contribution >= 0.6 is 0 Å². The highest BCUT2D eigenvalue weighted by Crippen LogP contribution is 2.30. The van der Waals surface area contributed by atoms with Crippen LogP contribution in [0.3, 0.4) is 0 Å². The maximum atomic E-state index is 11.9. The largest absolute Gasteiger partial charge is 0.497 e. The topological polar surface area (TPSA) is 112 Å². The Morgan fingerprint density at radius 3 is 1.50 bits per heavy atom. The number of methoxy groups -OCH3 is 3. The molecule has 188 valence electrons. The van der Waals surface area contributed by atoms with Crippen LogP contribution in [0.5, 0.6) is 17.2 Å². The first kappa shape index (κ1) is 26.2. The third kappa shape index (κ3) is 6.79. The van der Waals surface area contributed by atoms with Crippen LogP contribution in [0.25, 0.3) is 0 Å². The average molecular weight is 493 g/mol. The Morgan fingerprint density at radius 1 is 0.667 bits per heavy atom. The van der Waals surface area contributed by atoms with E-state index in [2.05, 4.69) is 0 Å². The number of allylic oxidation sites excluding steroid dienone is 1. The highest BCUT2D eigenvalue weighted by Gasteiger charge is 2.27. The predicted octanol–water partition coefficient (Wildman–Crippen LogP) is 4.68. The van der Waals surface area contributed by atoms with Crippen molar-refractivity contribution in [2.45, 2.75) is 18.9 Å². The molecule has 3 aromatic carbocycles. The van der Waals surface area contributed by atoms with Gasteiger partial charge in [0.2, 0.25) is 0 Å². The lowest BCUT2D eigenvalue weighted by molar-refractivity contribution is -0.140. The van der Waals surface area contributed by atoms with Gasteiger partial charge in [-0.25, -0.2) is 9.59 Å². The van der Waals surface area contributed by atoms with E-state index in [1.807, 2.05) is 24.3 Å². The molecule has 3 rings (SSSR count). The number of carboxylic acids is 2. The number of carboxylic acid groups (broad SMARTS) is 2. The van der Waals surface area contributed by atoms with Crippen LogP contribution < -0.4 is 14.2 Å². The molecule has 0 aliphatic carbocycles. The second kappa shape index (κ2) is 12.3. The fourth-order valence-corrected chi connectivity index (χ4v) is 3.64. The van der Waals surface area contributed by atoms with Gasteiger partial charge in [0.25, 0.3) is 0 Å². The van der Waals surface area contributed by atoms with E-state index < -0.39 is 23.6 Å². The Balaban J connectivity index is 2.03. The van der Waals surface area contributed by atoms with Crippen LogP contribution in [0.2, 0.25) is 0 Å². The van der Waals surface area contributed by atoms with Crippen LogP contribution in [0, 0.1) is 0 Å². The van der Waals surface area contributed by atoms with Gasteiger partial charge in [0.1, 0.15) is 29.1 Å². The van der Waals surface area contributed by atoms with Gasteiger partial charge < -0.3 is 29.2 Å². The van der Waals surface area contributed by atoms with Crippen molar-refractivity contribution >= 4 is 11.9 Å². The Morgan fingerprint density at radius 2 is 1.08 bits per heavy atom. The minimum absolute atomic E-state index is 0.0345. The van der Waals surface area contributed by atoms with Crippen molar-refractivity contribution in [1.29, 1.82) is 0 Å². The summed E-state index contributed by atoms with van der Waals surface area (Å²) in [6.45, 7) is 0. The van der Waals surface area contributed by atoms with E-state index in [-0.39, 0.29) is 12.2 Å². The summed E-state index contributed by atoms with van der Waals surface area (Å²) in [5.74, 6) is -1.35. The van der Waals surface area contributed by atoms with Gasteiger partial charge in [-0.1, -0.05) is 36.4 Å². The van der Waals surface area contributed by atoms with E-state index in [0.717, 1.165) is 11.1 Å². The van der Waals surface area contributed by atoms with Gasteiger partial charge in [-0.15, -0.1) is 0 Å². The Hall–Kier alpha value is -4.46. The van der Waals surface area contributed by atoms with E-state index in [1.54, 1.807) is 62.8 Å². The average Bonchev–Trinajstić information content (AvgIpc) is 2.88. The van der Waals surface area contributed by atoms with Crippen molar-refractivity contribution < 1.29 is 38.7 Å². The van der Waals surface area contributed by atoms with E-state index in [4.69, 9.17) is 18.9 Å². The Bertz CT molecular complexity index is 1180. The van der Waals surface area contributed by atoms with Crippen LogP contribution in [0.4, 0.5) is 0 Å². The van der Waals surface area contributed by atoms with Gasteiger partial charge in [0.15, 0.2) is 5.57 Å². The first-order valence-electron chi connectivity index (χ1n) is 11.1. The molecular formula is C28H28O8. The number of benzene rings is 3. The molecule has 0 amide bonds. The minimum Gasteiger partial charge on any atom is -0.497 e. The minimum atomic E-state index is -1.58. The zero-order chi connectivity index (χ0) is 26.1. The second-order valence-electron chi connectivity index (χ2n) is 7.87. The summed E-state index contributed by atoms with van der Waals surface area (Å²) in [6, 6.07) is 21.4. The van der Waals surface area contributed by atoms with Crippen LogP contribution in [0.1, 0.15) is 22.8 Å². The molecule has 36 heavy (non-hydrogen) atoms. The lowest BCUT2D eigenvalue weighted by Crippen LogP contribution is -2.19. The first-order chi connectivity index (χ1) is 17.3. The van der Waals surface area contributed by atoms with E-state index >= 15 is 0 Å². The summed E-state index contributed by atoms with van der Waals surface area (Å²) in [5.41, 5.74) is 1.48. The van der Waals surface area contributed by atoms with E-state index in [1.165, 1.54) is 7.11 Å². The number of carbonyl (C=O) groups is 2. The Labute approximate surface area is 209 Å². The number of aliphatic carboxylic acids is 2. The number of hydrogen-bond donors (Lipinski definition) is 2. The van der Waals surface area contributed by atoms with Crippen LogP contribution in [-0.2, 0) is 27.2 Å². The summed E-state index contributed by atoms with van der Waals surface area (Å²) in [6.07, 6.45) is -0.353. The highest BCUT2D eigenvalue weighted by atomic mass is 16.5. The molecule has 0 aromatic heterocycles. The highest BCUT2D eigenvalue weighted by molar-refractivity contribution is 6.12. The molecule has 0 fully saturated rings. The maximum Gasteiger partial charge on any atom is 0.346 e. The molecule has 2 N–H and O–H groups in total. The van der Waals surface area contributed by atoms with Crippen molar-refractivity contribution in [3.05, 3.63) is 101 Å². The molecule has 0 bridgehead atoms. The summed E-state index contributed by atoms with van der Waals surface area (Å²) in [7, 11) is 4.67. The summed E-state index contributed by atoms with van der Waals surface area (Å²) in [5, 5.41) is 19.4. The molecule has 1 atom stereocenters. The molecule has 8 nitrogen and oxygen atoms in total. The predicted molar refractivity (Wildman–Crippen MR) is 133 cm³/mol. The monoisotopic (exact) mass is 492 g/mol. The van der Waals surface area contributed by atoms with Gasteiger partial charge in [0.05, 0.1) is 21.3 Å². The van der Waals surface area contributed by atoms with Crippen LogP contribution in [0.15, 0.2) is 84.1 Å². The molecule has 8 heteroatoms. The summed E-state index contributed by atoms with van der Waals surface area (Å²) >= 11 is 0. The summed E-state index contributed by atoms with van der Waals surface area (Å²) in [4.78, 5) is 23.9. The quantitative estimate of drug-likeness (QED) is 0.162. The zero-order valence-electron chi connectivity index (χ0n) is 20.3. The molecule has 0 spiro atoms. The molecule has 3 aromatic rings. The Kier molecular flexibility index (Phi) is 8.94. The number of ether oxygens (including phenoxy) is 4. The van der Waals surface area contributed by atoms with Crippen LogP contribution in [-0.4, -0.2) is 43.5 Å². The lowest BCUT2D eigenvalue weighted by Gasteiger charge is -2.23. The molecule has 0 heterocycles. The standard InChI is InChI=1S/C28H28O8/c1-33-21-10-4-18(5-11-21)16-24(20-8-14-23(35-3)15-9-20)36-25(26(27(29)30)28(31)32)17-19-6-12-22(34-2)13-7-19/h4-15,24H,16-17H2,1-3H3,(H,29,30)(H,31,32). The smallest absolute Gasteiger partial charge is 0.346 e. The first-order valence-corrected chi connectivity index (χ1v) is 11.1. The maximum absolute atomic E-state index is 11.9. The van der Waals surface area contributed by atoms with Gasteiger partial charge in [-0.05, 0) is 53.1 Å². The normalized spacial score (nSPS) is 11.2. The van der Waals surface area contributed by atoms with Gasteiger partial charge in [0, 0.05) is 12.8 Å². The number of hydrogen-bond acceptors (Lipinski definition) is 6. The lowest BCUT2D eigenvalue weighted by atomic mass is 10.00. The fourth-order valence-electron chi connectivity index (χ4n) is 3.64. The third-order valence-corrected chi connectivity index (χ3v) is 5.58. The van der Waals surface area contributed by atoms with Gasteiger partial charge in [-0.3, -0.25) is 0 Å². The van der Waals surface area contributed by atoms with Crippen molar-refractivity contribution in [2.24, 2.45) is 0 Å². The molecule has 0 aliphatic heterocycles. The molecule has 0 saturated heterocycles. The molecule has 0 saturated carbocycles. The molecular weight excluding hydrogens is 464 g/mol. The zero-order valence-corrected chi connectivity index (χ0v) is 20.3. The van der Waals surface area contributed by atoms with Crippen molar-refractivity contribution in [2.75, 3.05) is 21.3 Å². The van der Waals surface area contributed by atoms with Crippen molar-refractivity contribution in [3.63, 3.8) is 0 Å². The summed E-state index contributed by atoms with van der Waals surface area (Å²) < 4.78 is 21.9. The fraction of sp³-hybridized carbons (Fsp3) is 0.214. The molecule has 1 unspecified atom stereocenters. The SMILES string of the molecule is COc1ccc(CC(OC(Cc2ccc(OC)cc2)c2ccc(OC)cc2)=C(C(=O)O)C(=O)O)cc1. The third-order valence-electron chi connectivity index (χ3n) is 5.58. The molecule has 0 radical (unpaired) electrons. The van der Waals surface area contributed by atoms with E-state index in [9.17, 15) is 19.8 Å². The van der Waals surface area contributed by atoms with Gasteiger partial charge in [-0.2, -0.15) is 0 Å². The van der Waals surface area contributed by atoms with Gasteiger partial charge >= 0.3 is 11.9 Å².